The standard InChI is InChI=1S/C23H22N4O3S/c1-14(2)31(28,29)18-10-11-19(15(3)12-18)20-13-24-16(4)21(25-20)23-27-26-22(30-23)17-8-6-5-7-9-17/h5-14H,1-4H3. The number of hydrogen-bond donors (Lipinski definition) is 0. The Morgan fingerprint density at radius 3 is 2.32 bits per heavy atom. The molecule has 4 aromatic rings. The summed E-state index contributed by atoms with van der Waals surface area (Å²) in [5.74, 6) is 0.684. The summed E-state index contributed by atoms with van der Waals surface area (Å²) >= 11 is 0. The van der Waals surface area contributed by atoms with Crippen LogP contribution in [0.3, 0.4) is 0 Å². The SMILES string of the molecule is Cc1cc(S(=O)(=O)C(C)C)ccc1-c1cnc(C)c(-c2nnc(-c3ccccc3)o2)n1. The van der Waals surface area contributed by atoms with Gasteiger partial charge in [-0.25, -0.2) is 13.4 Å². The van der Waals surface area contributed by atoms with Crippen molar-refractivity contribution >= 4 is 9.84 Å². The molecule has 0 spiro atoms. The van der Waals surface area contributed by atoms with Crippen LogP contribution in [-0.2, 0) is 9.84 Å². The van der Waals surface area contributed by atoms with E-state index in [2.05, 4.69) is 15.2 Å². The average molecular weight is 435 g/mol. The zero-order valence-electron chi connectivity index (χ0n) is 17.7. The van der Waals surface area contributed by atoms with E-state index < -0.39 is 15.1 Å². The Hall–Kier alpha value is -3.39. The van der Waals surface area contributed by atoms with Crippen LogP contribution in [0.1, 0.15) is 25.1 Å². The van der Waals surface area contributed by atoms with Crippen molar-refractivity contribution in [3.8, 4) is 34.3 Å². The maximum absolute atomic E-state index is 12.5. The summed E-state index contributed by atoms with van der Waals surface area (Å²) in [6.07, 6.45) is 1.66. The highest BCUT2D eigenvalue weighted by Crippen LogP contribution is 2.29. The number of benzene rings is 2. The van der Waals surface area contributed by atoms with Crippen molar-refractivity contribution in [1.29, 1.82) is 0 Å². The van der Waals surface area contributed by atoms with Crippen LogP contribution < -0.4 is 0 Å². The highest BCUT2D eigenvalue weighted by atomic mass is 32.2. The monoisotopic (exact) mass is 434 g/mol. The summed E-state index contributed by atoms with van der Waals surface area (Å²) in [7, 11) is -3.35. The lowest BCUT2D eigenvalue weighted by molar-refractivity contribution is 0.581. The van der Waals surface area contributed by atoms with Crippen molar-refractivity contribution in [1.82, 2.24) is 20.2 Å². The molecule has 0 radical (unpaired) electrons. The van der Waals surface area contributed by atoms with Gasteiger partial charge in [-0.05, 0) is 57.5 Å². The molecule has 0 saturated heterocycles. The number of nitrogens with zero attached hydrogens (tertiary/aromatic N) is 4. The van der Waals surface area contributed by atoms with Gasteiger partial charge < -0.3 is 4.42 Å². The van der Waals surface area contributed by atoms with Crippen LogP contribution in [0.25, 0.3) is 34.3 Å². The van der Waals surface area contributed by atoms with E-state index in [1.165, 1.54) is 0 Å². The van der Waals surface area contributed by atoms with Gasteiger partial charge in [0.05, 0.1) is 27.7 Å². The Morgan fingerprint density at radius 1 is 0.935 bits per heavy atom. The molecule has 0 aliphatic carbocycles. The second kappa shape index (κ2) is 8.03. The van der Waals surface area contributed by atoms with E-state index in [0.717, 1.165) is 16.7 Å². The van der Waals surface area contributed by atoms with E-state index in [1.54, 1.807) is 38.2 Å². The summed E-state index contributed by atoms with van der Waals surface area (Å²) in [6, 6.07) is 14.5. The maximum Gasteiger partial charge on any atom is 0.268 e. The topological polar surface area (TPSA) is 98.8 Å². The first-order valence-electron chi connectivity index (χ1n) is 9.85. The minimum atomic E-state index is -3.35. The lowest BCUT2D eigenvalue weighted by Crippen LogP contribution is -2.14. The Kier molecular flexibility index (Phi) is 5.41. The zero-order chi connectivity index (χ0) is 22.2. The van der Waals surface area contributed by atoms with E-state index in [4.69, 9.17) is 9.40 Å². The molecule has 0 aliphatic rings. The predicted octanol–water partition coefficient (Wildman–Crippen LogP) is 4.66. The quantitative estimate of drug-likeness (QED) is 0.450. The van der Waals surface area contributed by atoms with Crippen molar-refractivity contribution in [3.63, 3.8) is 0 Å². The molecule has 0 amide bonds. The second-order valence-corrected chi connectivity index (χ2v) is 10.0. The summed E-state index contributed by atoms with van der Waals surface area (Å²) in [5, 5.41) is 7.79. The third-order valence-electron chi connectivity index (χ3n) is 5.03. The molecule has 0 saturated carbocycles. The Labute approximate surface area is 181 Å². The fourth-order valence-corrected chi connectivity index (χ4v) is 4.31. The van der Waals surface area contributed by atoms with Crippen molar-refractivity contribution in [2.24, 2.45) is 0 Å². The Balaban J connectivity index is 1.73. The van der Waals surface area contributed by atoms with E-state index in [9.17, 15) is 8.42 Å². The summed E-state index contributed by atoms with van der Waals surface area (Å²) in [6.45, 7) is 7.02. The number of aromatic nitrogens is 4. The third kappa shape index (κ3) is 3.98. The number of hydrogen-bond acceptors (Lipinski definition) is 7. The van der Waals surface area contributed by atoms with E-state index in [0.29, 0.717) is 27.9 Å². The number of sulfone groups is 1. The smallest absolute Gasteiger partial charge is 0.268 e. The van der Waals surface area contributed by atoms with Gasteiger partial charge in [-0.2, -0.15) is 0 Å². The molecule has 0 aliphatic heterocycles. The van der Waals surface area contributed by atoms with Crippen LogP contribution in [0.4, 0.5) is 0 Å². The van der Waals surface area contributed by atoms with Gasteiger partial charge in [0.2, 0.25) is 5.89 Å². The molecule has 4 rings (SSSR count). The van der Waals surface area contributed by atoms with Crippen LogP contribution in [0.15, 0.2) is 64.0 Å². The van der Waals surface area contributed by atoms with Crippen LogP contribution in [0.2, 0.25) is 0 Å². The van der Waals surface area contributed by atoms with Gasteiger partial charge in [0.25, 0.3) is 5.89 Å². The molecule has 0 bridgehead atoms. The molecule has 0 fully saturated rings. The van der Waals surface area contributed by atoms with Crippen molar-refractivity contribution in [3.05, 3.63) is 66.0 Å². The molecular formula is C23H22N4O3S. The van der Waals surface area contributed by atoms with Crippen LogP contribution in [0, 0.1) is 13.8 Å². The first-order chi connectivity index (χ1) is 14.8. The van der Waals surface area contributed by atoms with Gasteiger partial charge in [-0.15, -0.1) is 10.2 Å². The Morgan fingerprint density at radius 2 is 1.65 bits per heavy atom. The van der Waals surface area contributed by atoms with Crippen molar-refractivity contribution in [2.75, 3.05) is 0 Å². The van der Waals surface area contributed by atoms with Crippen LogP contribution in [0.5, 0.6) is 0 Å². The molecule has 2 aromatic carbocycles. The molecule has 2 aromatic heterocycles. The fourth-order valence-electron chi connectivity index (χ4n) is 3.17. The summed E-state index contributed by atoms with van der Waals surface area (Å²) in [5.41, 5.74) is 4.15. The number of rotatable bonds is 5. The molecule has 158 valence electrons. The van der Waals surface area contributed by atoms with Gasteiger partial charge in [0.1, 0.15) is 5.69 Å². The van der Waals surface area contributed by atoms with Gasteiger partial charge in [0.15, 0.2) is 9.84 Å². The van der Waals surface area contributed by atoms with Gasteiger partial charge in [-0.3, -0.25) is 4.98 Å². The first-order valence-corrected chi connectivity index (χ1v) is 11.4. The lowest BCUT2D eigenvalue weighted by atomic mass is 10.1. The van der Waals surface area contributed by atoms with Gasteiger partial charge >= 0.3 is 0 Å². The van der Waals surface area contributed by atoms with Crippen LogP contribution >= 0.6 is 0 Å². The fraction of sp³-hybridized carbons (Fsp3) is 0.217. The highest BCUT2D eigenvalue weighted by Gasteiger charge is 2.21. The first kappa shape index (κ1) is 20.9. The average Bonchev–Trinajstić information content (AvgIpc) is 3.25. The molecule has 0 atom stereocenters. The zero-order valence-corrected chi connectivity index (χ0v) is 18.5. The second-order valence-electron chi connectivity index (χ2n) is 7.54. The minimum absolute atomic E-state index is 0.280. The van der Waals surface area contributed by atoms with Gasteiger partial charge in [0, 0.05) is 11.1 Å². The molecule has 31 heavy (non-hydrogen) atoms. The normalized spacial score (nSPS) is 11.8. The van der Waals surface area contributed by atoms with Gasteiger partial charge in [-0.1, -0.05) is 24.3 Å². The predicted molar refractivity (Wildman–Crippen MR) is 118 cm³/mol. The molecular weight excluding hydrogens is 412 g/mol. The van der Waals surface area contributed by atoms with E-state index >= 15 is 0 Å². The van der Waals surface area contributed by atoms with Crippen molar-refractivity contribution < 1.29 is 12.8 Å². The molecule has 8 heteroatoms. The largest absolute Gasteiger partial charge is 0.415 e. The van der Waals surface area contributed by atoms with Crippen molar-refractivity contribution in [2.45, 2.75) is 37.8 Å². The van der Waals surface area contributed by atoms with Crippen LogP contribution in [-0.4, -0.2) is 33.8 Å². The molecule has 7 nitrogen and oxygen atoms in total. The third-order valence-corrected chi connectivity index (χ3v) is 7.18. The lowest BCUT2D eigenvalue weighted by Gasteiger charge is -2.12. The number of aryl methyl sites for hydroxylation is 2. The summed E-state index contributed by atoms with van der Waals surface area (Å²) < 4.78 is 30.8. The maximum atomic E-state index is 12.5. The minimum Gasteiger partial charge on any atom is -0.415 e. The molecule has 0 N–H and O–H groups in total. The molecule has 2 heterocycles. The van der Waals surface area contributed by atoms with E-state index in [1.807, 2.05) is 44.2 Å². The van der Waals surface area contributed by atoms with E-state index in [-0.39, 0.29) is 5.89 Å². The Bertz CT molecular complexity index is 1350. The molecule has 0 unspecified atom stereocenters. The summed E-state index contributed by atoms with van der Waals surface area (Å²) in [4.78, 5) is 9.44. The highest BCUT2D eigenvalue weighted by molar-refractivity contribution is 7.92.